The molecule has 3 heterocycles. The minimum absolute atomic E-state index is 0.103. The molecule has 31 heavy (non-hydrogen) atoms. The molecule has 3 aromatic heterocycles. The summed E-state index contributed by atoms with van der Waals surface area (Å²) >= 11 is 12.2. The molecule has 1 amide bonds. The molecule has 4 aromatic rings. The van der Waals surface area contributed by atoms with E-state index in [0.717, 1.165) is 11.4 Å². The molecular formula is C20H17Cl2FN6O2. The fraction of sp³-hybridized carbons (Fsp3) is 0.200. The molecule has 0 unspecified atom stereocenters. The van der Waals surface area contributed by atoms with Crippen LogP contribution in [0.2, 0.25) is 10.0 Å². The lowest BCUT2D eigenvalue weighted by Gasteiger charge is -2.04. The van der Waals surface area contributed by atoms with Crippen molar-refractivity contribution in [2.75, 3.05) is 5.32 Å². The number of nitrogens with one attached hydrogen (secondary N) is 1. The average Bonchev–Trinajstić information content (AvgIpc) is 3.42. The van der Waals surface area contributed by atoms with E-state index in [0.29, 0.717) is 22.9 Å². The number of furan rings is 1. The molecule has 0 saturated heterocycles. The van der Waals surface area contributed by atoms with Crippen LogP contribution in [-0.2, 0) is 13.1 Å². The van der Waals surface area contributed by atoms with Crippen LogP contribution in [0, 0.1) is 19.7 Å². The summed E-state index contributed by atoms with van der Waals surface area (Å²) < 4.78 is 22.0. The molecule has 0 spiro atoms. The number of nitrogens with zero attached hydrogens (tertiary/aromatic N) is 5. The van der Waals surface area contributed by atoms with Crippen molar-refractivity contribution in [1.82, 2.24) is 24.5 Å². The smallest absolute Gasteiger partial charge is 0.293 e. The third-order valence-electron chi connectivity index (χ3n) is 4.59. The lowest BCUT2D eigenvalue weighted by atomic mass is 10.2. The molecular weight excluding hydrogens is 446 g/mol. The monoisotopic (exact) mass is 462 g/mol. The van der Waals surface area contributed by atoms with Gasteiger partial charge in [-0.25, -0.2) is 14.1 Å². The first kappa shape index (κ1) is 21.1. The summed E-state index contributed by atoms with van der Waals surface area (Å²) in [6.07, 6.45) is 1.44. The van der Waals surface area contributed by atoms with Gasteiger partial charge in [-0.15, -0.1) is 5.10 Å². The molecule has 0 bridgehead atoms. The van der Waals surface area contributed by atoms with Crippen LogP contribution in [0.3, 0.4) is 0 Å². The van der Waals surface area contributed by atoms with Crippen LogP contribution >= 0.6 is 23.2 Å². The number of halogens is 3. The summed E-state index contributed by atoms with van der Waals surface area (Å²) in [5.41, 5.74) is 2.22. The van der Waals surface area contributed by atoms with Crippen molar-refractivity contribution in [2.24, 2.45) is 0 Å². The molecule has 1 aromatic carbocycles. The number of aryl methyl sites for hydroxylation is 1. The third-order valence-corrected chi connectivity index (χ3v) is 5.49. The van der Waals surface area contributed by atoms with Gasteiger partial charge in [0.25, 0.3) is 5.91 Å². The molecule has 4 rings (SSSR count). The Labute approximate surface area is 186 Å². The minimum atomic E-state index is -0.491. The summed E-state index contributed by atoms with van der Waals surface area (Å²) in [7, 11) is 0. The third kappa shape index (κ3) is 4.62. The number of hydrogen-bond donors (Lipinski definition) is 1. The zero-order chi connectivity index (χ0) is 22.1. The predicted molar refractivity (Wildman–Crippen MR) is 113 cm³/mol. The highest BCUT2D eigenvalue weighted by atomic mass is 35.5. The van der Waals surface area contributed by atoms with E-state index in [1.54, 1.807) is 22.9 Å². The SMILES string of the molecule is Cc1nn(Cc2ccc(C(=O)Nc3ncn(Cc4ccc(F)cc4Cl)n3)o2)c(C)c1Cl. The van der Waals surface area contributed by atoms with Crippen molar-refractivity contribution in [3.63, 3.8) is 0 Å². The van der Waals surface area contributed by atoms with Gasteiger partial charge >= 0.3 is 0 Å². The van der Waals surface area contributed by atoms with Gasteiger partial charge in [0, 0.05) is 5.02 Å². The predicted octanol–water partition coefficient (Wildman–Crippen LogP) is 4.48. The first-order valence-electron chi connectivity index (χ1n) is 9.23. The summed E-state index contributed by atoms with van der Waals surface area (Å²) in [6.45, 7) is 4.30. The summed E-state index contributed by atoms with van der Waals surface area (Å²) in [6, 6.07) is 7.37. The van der Waals surface area contributed by atoms with E-state index in [2.05, 4.69) is 20.5 Å². The molecule has 0 aliphatic carbocycles. The molecule has 11 heteroatoms. The van der Waals surface area contributed by atoms with Crippen molar-refractivity contribution in [1.29, 1.82) is 0 Å². The van der Waals surface area contributed by atoms with Gasteiger partial charge in [0.1, 0.15) is 17.9 Å². The average molecular weight is 463 g/mol. The van der Waals surface area contributed by atoms with Crippen LogP contribution < -0.4 is 5.32 Å². The van der Waals surface area contributed by atoms with Gasteiger partial charge in [-0.3, -0.25) is 14.8 Å². The number of benzene rings is 1. The standard InChI is InChI=1S/C20H17Cl2FN6O2/c1-11-18(22)12(2)29(26-11)9-15-5-6-17(31-15)19(30)25-20-24-10-28(27-20)8-13-3-4-14(23)7-16(13)21/h3-7,10H,8-9H2,1-2H3,(H,25,27,30). The first-order chi connectivity index (χ1) is 14.8. The van der Waals surface area contributed by atoms with E-state index in [9.17, 15) is 9.18 Å². The highest BCUT2D eigenvalue weighted by Gasteiger charge is 2.16. The van der Waals surface area contributed by atoms with Crippen LogP contribution in [0.15, 0.2) is 41.1 Å². The van der Waals surface area contributed by atoms with E-state index < -0.39 is 11.7 Å². The Morgan fingerprint density at radius 2 is 1.97 bits per heavy atom. The number of hydrogen-bond acceptors (Lipinski definition) is 5. The second kappa shape index (κ2) is 8.52. The first-order valence-corrected chi connectivity index (χ1v) is 9.98. The molecule has 0 atom stereocenters. The van der Waals surface area contributed by atoms with Crippen molar-refractivity contribution in [3.8, 4) is 0 Å². The van der Waals surface area contributed by atoms with Gasteiger partial charge in [-0.05, 0) is 43.7 Å². The summed E-state index contributed by atoms with van der Waals surface area (Å²) in [5, 5.41) is 12.0. The van der Waals surface area contributed by atoms with Gasteiger partial charge in [0.2, 0.25) is 5.95 Å². The van der Waals surface area contributed by atoms with Crippen LogP contribution in [0.4, 0.5) is 10.3 Å². The Kier molecular flexibility index (Phi) is 5.79. The lowest BCUT2D eigenvalue weighted by Crippen LogP contribution is -2.13. The molecule has 0 fully saturated rings. The summed E-state index contributed by atoms with van der Waals surface area (Å²) in [5.74, 6) is -0.141. The van der Waals surface area contributed by atoms with Crippen LogP contribution in [0.1, 0.15) is 33.3 Å². The second-order valence-electron chi connectivity index (χ2n) is 6.86. The van der Waals surface area contributed by atoms with Crippen LogP contribution in [0.25, 0.3) is 0 Å². The van der Waals surface area contributed by atoms with E-state index in [1.807, 2.05) is 13.8 Å². The van der Waals surface area contributed by atoms with Crippen LogP contribution in [-0.4, -0.2) is 30.5 Å². The van der Waals surface area contributed by atoms with Gasteiger partial charge in [-0.2, -0.15) is 5.10 Å². The van der Waals surface area contributed by atoms with E-state index in [-0.39, 0.29) is 23.3 Å². The largest absolute Gasteiger partial charge is 0.454 e. The highest BCUT2D eigenvalue weighted by molar-refractivity contribution is 6.32. The van der Waals surface area contributed by atoms with Crippen LogP contribution in [0.5, 0.6) is 0 Å². The molecule has 1 N–H and O–H groups in total. The van der Waals surface area contributed by atoms with Gasteiger partial charge < -0.3 is 4.42 Å². The summed E-state index contributed by atoms with van der Waals surface area (Å²) in [4.78, 5) is 16.5. The zero-order valence-electron chi connectivity index (χ0n) is 16.6. The Bertz CT molecular complexity index is 1260. The van der Waals surface area contributed by atoms with Gasteiger partial charge in [-0.1, -0.05) is 29.3 Å². The maximum absolute atomic E-state index is 13.2. The van der Waals surface area contributed by atoms with E-state index in [4.69, 9.17) is 27.6 Å². The number of carbonyl (C=O) groups excluding carboxylic acids is 1. The highest BCUT2D eigenvalue weighted by Crippen LogP contribution is 2.21. The van der Waals surface area contributed by atoms with Crippen molar-refractivity contribution in [3.05, 3.63) is 81.0 Å². The fourth-order valence-corrected chi connectivity index (χ4v) is 3.34. The Morgan fingerprint density at radius 3 is 2.68 bits per heavy atom. The van der Waals surface area contributed by atoms with Gasteiger partial charge in [0.05, 0.1) is 29.5 Å². The van der Waals surface area contributed by atoms with Gasteiger partial charge in [0.15, 0.2) is 5.76 Å². The number of anilines is 1. The van der Waals surface area contributed by atoms with E-state index >= 15 is 0 Å². The Morgan fingerprint density at radius 1 is 1.16 bits per heavy atom. The normalized spacial score (nSPS) is 11.1. The fourth-order valence-electron chi connectivity index (χ4n) is 2.98. The second-order valence-corrected chi connectivity index (χ2v) is 7.65. The van der Waals surface area contributed by atoms with E-state index in [1.165, 1.54) is 23.1 Å². The maximum atomic E-state index is 13.2. The molecule has 8 nitrogen and oxygen atoms in total. The van der Waals surface area contributed by atoms with Crippen molar-refractivity contribution < 1.29 is 13.6 Å². The molecule has 0 radical (unpaired) electrons. The number of carbonyl (C=O) groups is 1. The zero-order valence-corrected chi connectivity index (χ0v) is 18.1. The molecule has 0 aliphatic heterocycles. The number of aromatic nitrogens is 5. The molecule has 0 aliphatic rings. The molecule has 160 valence electrons. The maximum Gasteiger partial charge on any atom is 0.293 e. The topological polar surface area (TPSA) is 90.8 Å². The number of rotatable bonds is 6. The van der Waals surface area contributed by atoms with Crippen molar-refractivity contribution in [2.45, 2.75) is 26.9 Å². The number of amides is 1. The van der Waals surface area contributed by atoms with Crippen molar-refractivity contribution >= 4 is 35.1 Å². The Hall–Kier alpha value is -3.17. The molecule has 0 saturated carbocycles. The quantitative estimate of drug-likeness (QED) is 0.456. The lowest BCUT2D eigenvalue weighted by molar-refractivity contribution is 0.0993. The Balaban J connectivity index is 1.40. The minimum Gasteiger partial charge on any atom is -0.454 e.